The first kappa shape index (κ1) is 17.7. The topological polar surface area (TPSA) is 69.9 Å². The predicted molar refractivity (Wildman–Crippen MR) is 97.3 cm³/mol. The smallest absolute Gasteiger partial charge is 0.309 e. The van der Waals surface area contributed by atoms with Crippen LogP contribution < -0.4 is 10.3 Å². The molecule has 1 aromatic carbocycles. The number of ether oxygens (including phenoxy) is 2. The molecule has 0 amide bonds. The Hall–Kier alpha value is -3.15. The summed E-state index contributed by atoms with van der Waals surface area (Å²) in [4.78, 5) is 28.4. The molecule has 0 unspecified atom stereocenters. The first-order valence-electron chi connectivity index (χ1n) is 8.37. The molecule has 2 heterocycles. The number of carbonyl (C=O) groups is 1. The molecule has 134 valence electrons. The predicted octanol–water partition coefficient (Wildman–Crippen LogP) is 2.82. The highest BCUT2D eigenvalue weighted by atomic mass is 16.5. The maximum Gasteiger partial charge on any atom is 0.309 e. The molecule has 0 fully saturated rings. The molecule has 0 aliphatic heterocycles. The van der Waals surface area contributed by atoms with E-state index in [4.69, 9.17) is 9.47 Å². The number of pyridine rings is 1. The van der Waals surface area contributed by atoms with Crippen molar-refractivity contribution in [3.8, 4) is 5.75 Å². The second-order valence-electron chi connectivity index (χ2n) is 5.97. The largest absolute Gasteiger partial charge is 0.493 e. The number of para-hydroxylation sites is 1. The molecular weight excluding hydrogens is 332 g/mol. The first-order valence-corrected chi connectivity index (χ1v) is 8.37. The van der Waals surface area contributed by atoms with Gasteiger partial charge in [-0.25, -0.2) is 4.98 Å². The number of benzene rings is 1. The van der Waals surface area contributed by atoms with Gasteiger partial charge in [-0.2, -0.15) is 0 Å². The average Bonchev–Trinajstić information content (AvgIpc) is 2.61. The van der Waals surface area contributed by atoms with Crippen LogP contribution in [-0.2, 0) is 16.1 Å². The van der Waals surface area contributed by atoms with Crippen LogP contribution >= 0.6 is 0 Å². The zero-order chi connectivity index (χ0) is 18.5. The van der Waals surface area contributed by atoms with Gasteiger partial charge in [0, 0.05) is 11.8 Å². The molecule has 0 aliphatic carbocycles. The van der Waals surface area contributed by atoms with Gasteiger partial charge in [0.05, 0.1) is 18.7 Å². The van der Waals surface area contributed by atoms with Gasteiger partial charge in [-0.15, -0.1) is 0 Å². The van der Waals surface area contributed by atoms with Crippen molar-refractivity contribution in [1.29, 1.82) is 0 Å². The molecule has 3 aromatic rings. The summed E-state index contributed by atoms with van der Waals surface area (Å²) >= 11 is 0. The molecule has 0 saturated heterocycles. The van der Waals surface area contributed by atoms with Crippen molar-refractivity contribution in [2.75, 3.05) is 6.61 Å². The number of hydrogen-bond donors (Lipinski definition) is 0. The summed E-state index contributed by atoms with van der Waals surface area (Å²) in [5, 5.41) is 0. The summed E-state index contributed by atoms with van der Waals surface area (Å²) in [7, 11) is 0. The Balaban J connectivity index is 1.55. The van der Waals surface area contributed by atoms with Gasteiger partial charge in [-0.05, 0) is 37.6 Å². The van der Waals surface area contributed by atoms with Crippen molar-refractivity contribution in [3.05, 3.63) is 75.8 Å². The Morgan fingerprint density at radius 2 is 1.92 bits per heavy atom. The number of aromatic nitrogens is 2. The molecule has 0 spiro atoms. The number of hydrogen-bond acceptors (Lipinski definition) is 5. The number of esters is 1. The summed E-state index contributed by atoms with van der Waals surface area (Å²) < 4.78 is 12.3. The van der Waals surface area contributed by atoms with Gasteiger partial charge in [0.1, 0.15) is 18.0 Å². The second kappa shape index (κ2) is 7.82. The number of carbonyl (C=O) groups excluding carboxylic acids is 1. The maximum atomic E-state index is 12.2. The Morgan fingerprint density at radius 1 is 1.12 bits per heavy atom. The SMILES string of the molecule is Cc1ccccc1OCCC(=O)OCc1cc(=O)n2c(C)cccc2n1. The lowest BCUT2D eigenvalue weighted by Crippen LogP contribution is -2.18. The molecule has 0 radical (unpaired) electrons. The van der Waals surface area contributed by atoms with Gasteiger partial charge < -0.3 is 9.47 Å². The van der Waals surface area contributed by atoms with Crippen LogP contribution in [0.3, 0.4) is 0 Å². The molecule has 26 heavy (non-hydrogen) atoms. The van der Waals surface area contributed by atoms with Crippen molar-refractivity contribution in [2.45, 2.75) is 26.9 Å². The molecule has 0 bridgehead atoms. The van der Waals surface area contributed by atoms with Crippen molar-refractivity contribution < 1.29 is 14.3 Å². The molecule has 2 aromatic heterocycles. The Bertz CT molecular complexity index is 995. The zero-order valence-corrected chi connectivity index (χ0v) is 14.8. The van der Waals surface area contributed by atoms with E-state index in [1.165, 1.54) is 10.5 Å². The number of fused-ring (bicyclic) bond motifs is 1. The van der Waals surface area contributed by atoms with Gasteiger partial charge >= 0.3 is 5.97 Å². The molecule has 0 saturated carbocycles. The zero-order valence-electron chi connectivity index (χ0n) is 14.8. The normalized spacial score (nSPS) is 10.7. The van der Waals surface area contributed by atoms with E-state index >= 15 is 0 Å². The molecule has 6 heteroatoms. The van der Waals surface area contributed by atoms with Gasteiger partial charge in [0.2, 0.25) is 0 Å². The van der Waals surface area contributed by atoms with Gasteiger partial charge in [-0.3, -0.25) is 14.0 Å². The monoisotopic (exact) mass is 352 g/mol. The Morgan fingerprint density at radius 3 is 2.73 bits per heavy atom. The van der Waals surface area contributed by atoms with Crippen LogP contribution in [0.25, 0.3) is 5.65 Å². The maximum absolute atomic E-state index is 12.2. The number of rotatable bonds is 6. The highest BCUT2D eigenvalue weighted by Gasteiger charge is 2.08. The van der Waals surface area contributed by atoms with Gasteiger partial charge in [0.25, 0.3) is 5.56 Å². The number of nitrogens with zero attached hydrogens (tertiary/aromatic N) is 2. The minimum atomic E-state index is -0.398. The van der Waals surface area contributed by atoms with E-state index in [0.29, 0.717) is 11.3 Å². The van der Waals surface area contributed by atoms with E-state index < -0.39 is 5.97 Å². The Labute approximate surface area is 151 Å². The van der Waals surface area contributed by atoms with Crippen LogP contribution in [0.15, 0.2) is 53.3 Å². The van der Waals surface area contributed by atoms with Gasteiger partial charge in [-0.1, -0.05) is 24.3 Å². The molecule has 0 N–H and O–H groups in total. The second-order valence-corrected chi connectivity index (χ2v) is 5.97. The fourth-order valence-corrected chi connectivity index (χ4v) is 2.63. The summed E-state index contributed by atoms with van der Waals surface area (Å²) in [5.74, 6) is 0.352. The molecule has 6 nitrogen and oxygen atoms in total. The fourth-order valence-electron chi connectivity index (χ4n) is 2.63. The summed E-state index contributed by atoms with van der Waals surface area (Å²) in [5.41, 5.74) is 2.58. The minimum absolute atomic E-state index is 0.0388. The van der Waals surface area contributed by atoms with E-state index in [-0.39, 0.29) is 25.2 Å². The lowest BCUT2D eigenvalue weighted by Gasteiger charge is -2.09. The van der Waals surface area contributed by atoms with E-state index in [2.05, 4.69) is 4.98 Å². The van der Waals surface area contributed by atoms with Crippen molar-refractivity contribution in [2.24, 2.45) is 0 Å². The molecular formula is C20H20N2O4. The fraction of sp³-hybridized carbons (Fsp3) is 0.250. The third-order valence-corrected chi connectivity index (χ3v) is 3.97. The van der Waals surface area contributed by atoms with Crippen molar-refractivity contribution >= 4 is 11.6 Å². The van der Waals surface area contributed by atoms with E-state index in [9.17, 15) is 9.59 Å². The highest BCUT2D eigenvalue weighted by molar-refractivity contribution is 5.69. The minimum Gasteiger partial charge on any atom is -0.493 e. The van der Waals surface area contributed by atoms with Crippen molar-refractivity contribution in [3.63, 3.8) is 0 Å². The van der Waals surface area contributed by atoms with Crippen LogP contribution in [0.1, 0.15) is 23.4 Å². The third-order valence-electron chi connectivity index (χ3n) is 3.97. The van der Waals surface area contributed by atoms with E-state index in [1.807, 2.05) is 50.2 Å². The molecule has 3 rings (SSSR count). The van der Waals surface area contributed by atoms with Crippen molar-refractivity contribution in [1.82, 2.24) is 9.38 Å². The quantitative estimate of drug-likeness (QED) is 0.638. The van der Waals surface area contributed by atoms with E-state index in [1.54, 1.807) is 6.07 Å². The van der Waals surface area contributed by atoms with E-state index in [0.717, 1.165) is 17.0 Å². The lowest BCUT2D eigenvalue weighted by molar-refractivity contribution is -0.145. The standard InChI is InChI=1S/C20H20N2O4/c1-14-6-3-4-8-17(14)25-11-10-20(24)26-13-16-12-19(23)22-15(2)7-5-9-18(22)21-16/h3-9,12H,10-11,13H2,1-2H3. The molecule has 0 aliphatic rings. The lowest BCUT2D eigenvalue weighted by atomic mass is 10.2. The average molecular weight is 352 g/mol. The highest BCUT2D eigenvalue weighted by Crippen LogP contribution is 2.16. The summed E-state index contributed by atoms with van der Waals surface area (Å²) in [6.07, 6.45) is 0.125. The molecule has 0 atom stereocenters. The van der Waals surface area contributed by atoms with Crippen LogP contribution in [0, 0.1) is 13.8 Å². The van der Waals surface area contributed by atoms with Crippen LogP contribution in [0.4, 0.5) is 0 Å². The van der Waals surface area contributed by atoms with Crippen LogP contribution in [0.5, 0.6) is 5.75 Å². The van der Waals surface area contributed by atoms with Crippen LogP contribution in [-0.4, -0.2) is 22.0 Å². The summed E-state index contributed by atoms with van der Waals surface area (Å²) in [6, 6.07) is 14.4. The summed E-state index contributed by atoms with van der Waals surface area (Å²) in [6.45, 7) is 3.98. The number of aryl methyl sites for hydroxylation is 2. The Kier molecular flexibility index (Phi) is 5.31. The first-order chi connectivity index (χ1) is 12.5. The van der Waals surface area contributed by atoms with Crippen LogP contribution in [0.2, 0.25) is 0 Å². The van der Waals surface area contributed by atoms with Gasteiger partial charge in [0.15, 0.2) is 0 Å². The third kappa shape index (κ3) is 4.08.